The predicted octanol–water partition coefficient (Wildman–Crippen LogP) is 2.78. The number of hydrogen-bond acceptors (Lipinski definition) is 6. The summed E-state index contributed by atoms with van der Waals surface area (Å²) < 4.78 is 13.6. The molecule has 1 saturated carbocycles. The van der Waals surface area contributed by atoms with E-state index in [1.165, 1.54) is 16.2 Å². The molecular formula is C20H28FN5O2S. The molecule has 2 heterocycles. The van der Waals surface area contributed by atoms with Crippen molar-refractivity contribution in [3.8, 4) is 6.07 Å². The van der Waals surface area contributed by atoms with E-state index < -0.39 is 17.6 Å². The maximum absolute atomic E-state index is 13.6. The second-order valence-corrected chi connectivity index (χ2v) is 9.96. The lowest BCUT2D eigenvalue weighted by Gasteiger charge is -2.42. The number of anilines is 1. The number of rotatable bonds is 5. The molecule has 9 heteroatoms. The maximum atomic E-state index is 13.6. The number of nitrogens with one attached hydrogen (secondary N) is 2. The van der Waals surface area contributed by atoms with Crippen LogP contribution in [0.1, 0.15) is 50.8 Å². The monoisotopic (exact) mass is 421 g/mol. The maximum Gasteiger partial charge on any atom is 0.237 e. The van der Waals surface area contributed by atoms with Gasteiger partial charge in [-0.15, -0.1) is 11.3 Å². The second kappa shape index (κ2) is 8.36. The highest BCUT2D eigenvalue weighted by Gasteiger charge is 2.43. The molecular weight excluding hydrogens is 393 g/mol. The van der Waals surface area contributed by atoms with Crippen molar-refractivity contribution < 1.29 is 14.0 Å². The number of halogens is 1. The van der Waals surface area contributed by atoms with Crippen LogP contribution in [0.15, 0.2) is 6.20 Å². The summed E-state index contributed by atoms with van der Waals surface area (Å²) in [4.78, 5) is 31.8. The first kappa shape index (κ1) is 21.7. The fourth-order valence-electron chi connectivity index (χ4n) is 3.99. The minimum Gasteiger partial charge on any atom is -0.323 e. The van der Waals surface area contributed by atoms with E-state index in [2.05, 4.69) is 15.6 Å². The Morgan fingerprint density at radius 2 is 2.07 bits per heavy atom. The molecule has 0 spiro atoms. The van der Waals surface area contributed by atoms with Crippen molar-refractivity contribution in [2.75, 3.05) is 18.4 Å². The van der Waals surface area contributed by atoms with Crippen LogP contribution in [-0.4, -0.2) is 52.5 Å². The van der Waals surface area contributed by atoms with Crippen LogP contribution in [0.5, 0.6) is 0 Å². The van der Waals surface area contributed by atoms with Crippen molar-refractivity contribution in [3.63, 3.8) is 0 Å². The third-order valence-electron chi connectivity index (χ3n) is 6.23. The molecule has 2 N–H and O–H groups in total. The van der Waals surface area contributed by atoms with Crippen molar-refractivity contribution >= 4 is 28.3 Å². The molecule has 0 aromatic carbocycles. The quantitative estimate of drug-likeness (QED) is 0.762. The predicted molar refractivity (Wildman–Crippen MR) is 109 cm³/mol. The van der Waals surface area contributed by atoms with Crippen molar-refractivity contribution in [1.82, 2.24) is 15.2 Å². The molecule has 7 nitrogen and oxygen atoms in total. The Kier molecular flexibility index (Phi) is 6.24. The molecule has 0 unspecified atom stereocenters. The van der Waals surface area contributed by atoms with Gasteiger partial charge in [-0.3, -0.25) is 9.59 Å². The first-order valence-corrected chi connectivity index (χ1v) is 10.8. The minimum absolute atomic E-state index is 0.00999. The smallest absolute Gasteiger partial charge is 0.237 e. The Bertz CT molecular complexity index is 812. The van der Waals surface area contributed by atoms with Gasteiger partial charge in [0, 0.05) is 28.4 Å². The lowest BCUT2D eigenvalue weighted by Crippen LogP contribution is -2.53. The van der Waals surface area contributed by atoms with Crippen LogP contribution < -0.4 is 10.6 Å². The van der Waals surface area contributed by atoms with Gasteiger partial charge >= 0.3 is 0 Å². The Labute approximate surface area is 174 Å². The van der Waals surface area contributed by atoms with Gasteiger partial charge in [0.05, 0.1) is 19.2 Å². The average molecular weight is 422 g/mol. The number of hydrogen-bond donors (Lipinski definition) is 2. The fourth-order valence-corrected chi connectivity index (χ4v) is 4.65. The molecule has 29 heavy (non-hydrogen) atoms. The van der Waals surface area contributed by atoms with Crippen molar-refractivity contribution in [1.29, 1.82) is 5.26 Å². The SMILES string of the molecule is Cc1cnc(NC(=O)C2(C)CCC(C)(NCC(=O)N3C[C@@H](F)C[C@H]3C#N)CC2)s1. The molecule has 0 bridgehead atoms. The van der Waals surface area contributed by atoms with Gasteiger partial charge in [-0.05, 0) is 39.5 Å². The molecule has 1 aromatic heterocycles. The number of amides is 2. The van der Waals surface area contributed by atoms with Crippen molar-refractivity contribution in [3.05, 3.63) is 11.1 Å². The Hall–Kier alpha value is -2.05. The van der Waals surface area contributed by atoms with Gasteiger partial charge in [0.25, 0.3) is 0 Å². The van der Waals surface area contributed by atoms with E-state index in [0.717, 1.165) is 17.7 Å². The lowest BCUT2D eigenvalue weighted by molar-refractivity contribution is -0.131. The standard InChI is InChI=1S/C20H28FN5O2S/c1-13-10-23-18(29-13)25-17(28)19(2)4-6-20(3,7-5-19)24-11-16(27)26-12-14(21)8-15(26)9-22/h10,14-15,24H,4-8,11-12H2,1-3H3,(H,23,25,28)/t14-,15-,19?,20?/m0/s1. The minimum atomic E-state index is -1.13. The first-order valence-electron chi connectivity index (χ1n) is 9.96. The summed E-state index contributed by atoms with van der Waals surface area (Å²) in [7, 11) is 0. The number of carbonyl (C=O) groups is 2. The van der Waals surface area contributed by atoms with Gasteiger partial charge in [0.1, 0.15) is 12.2 Å². The second-order valence-electron chi connectivity index (χ2n) is 8.73. The van der Waals surface area contributed by atoms with Crippen LogP contribution in [0.4, 0.5) is 9.52 Å². The van der Waals surface area contributed by atoms with E-state index in [1.807, 2.05) is 26.8 Å². The van der Waals surface area contributed by atoms with Crippen LogP contribution in [0.3, 0.4) is 0 Å². The van der Waals surface area contributed by atoms with E-state index >= 15 is 0 Å². The number of carbonyl (C=O) groups excluding carboxylic acids is 2. The van der Waals surface area contributed by atoms with E-state index in [4.69, 9.17) is 5.26 Å². The molecule has 1 aliphatic heterocycles. The molecule has 2 fully saturated rings. The summed E-state index contributed by atoms with van der Waals surface area (Å²) in [5.41, 5.74) is -0.753. The summed E-state index contributed by atoms with van der Waals surface area (Å²) in [6, 6.07) is 1.33. The van der Waals surface area contributed by atoms with E-state index in [9.17, 15) is 14.0 Å². The Morgan fingerprint density at radius 3 is 2.66 bits per heavy atom. The number of aryl methyl sites for hydroxylation is 1. The number of nitrogens with zero attached hydrogens (tertiary/aromatic N) is 3. The molecule has 1 saturated heterocycles. The fraction of sp³-hybridized carbons (Fsp3) is 0.700. The van der Waals surface area contributed by atoms with Gasteiger partial charge in [0.2, 0.25) is 11.8 Å². The number of thiazole rings is 1. The molecule has 0 radical (unpaired) electrons. The summed E-state index contributed by atoms with van der Waals surface area (Å²) in [5.74, 6) is -0.268. The largest absolute Gasteiger partial charge is 0.323 e. The number of aromatic nitrogens is 1. The van der Waals surface area contributed by atoms with Crippen molar-refractivity contribution in [2.24, 2.45) is 5.41 Å². The molecule has 3 rings (SSSR count). The average Bonchev–Trinajstić information content (AvgIpc) is 3.27. The zero-order valence-electron chi connectivity index (χ0n) is 17.1. The van der Waals surface area contributed by atoms with E-state index in [1.54, 1.807) is 6.20 Å². The Balaban J connectivity index is 1.51. The van der Waals surface area contributed by atoms with Crippen LogP contribution in [0.2, 0.25) is 0 Å². The van der Waals surface area contributed by atoms with Gasteiger partial charge in [-0.1, -0.05) is 6.92 Å². The first-order chi connectivity index (χ1) is 13.6. The number of likely N-dealkylation sites (tertiary alicyclic amines) is 1. The normalized spacial score (nSPS) is 32.0. The molecule has 2 amide bonds. The summed E-state index contributed by atoms with van der Waals surface area (Å²) in [6.45, 7) is 6.03. The summed E-state index contributed by atoms with van der Waals surface area (Å²) in [6.07, 6.45) is 3.57. The zero-order chi connectivity index (χ0) is 21.2. The molecule has 1 aliphatic carbocycles. The van der Waals surface area contributed by atoms with Crippen LogP contribution in [0.25, 0.3) is 0 Å². The third kappa shape index (κ3) is 4.93. The summed E-state index contributed by atoms with van der Waals surface area (Å²) in [5, 5.41) is 16.0. The van der Waals surface area contributed by atoms with Crippen LogP contribution >= 0.6 is 11.3 Å². The van der Waals surface area contributed by atoms with Crippen molar-refractivity contribution in [2.45, 2.75) is 70.6 Å². The molecule has 2 aliphatic rings. The Morgan fingerprint density at radius 1 is 1.38 bits per heavy atom. The van der Waals surface area contributed by atoms with Gasteiger partial charge in [-0.2, -0.15) is 5.26 Å². The number of alkyl halides is 1. The van der Waals surface area contributed by atoms with E-state index in [0.29, 0.717) is 18.0 Å². The highest BCUT2D eigenvalue weighted by atomic mass is 32.1. The van der Waals surface area contributed by atoms with Gasteiger partial charge in [-0.25, -0.2) is 9.37 Å². The lowest BCUT2D eigenvalue weighted by atomic mass is 9.68. The summed E-state index contributed by atoms with van der Waals surface area (Å²) >= 11 is 1.46. The highest BCUT2D eigenvalue weighted by molar-refractivity contribution is 7.15. The van der Waals surface area contributed by atoms with E-state index in [-0.39, 0.29) is 36.9 Å². The van der Waals surface area contributed by atoms with Gasteiger partial charge in [0.15, 0.2) is 5.13 Å². The molecule has 1 aromatic rings. The number of nitriles is 1. The van der Waals surface area contributed by atoms with Crippen LogP contribution in [0, 0.1) is 23.7 Å². The molecule has 2 atom stereocenters. The topological polar surface area (TPSA) is 98.1 Å². The zero-order valence-corrected chi connectivity index (χ0v) is 17.9. The van der Waals surface area contributed by atoms with Gasteiger partial charge < -0.3 is 15.5 Å². The highest BCUT2D eigenvalue weighted by Crippen LogP contribution is 2.41. The third-order valence-corrected chi connectivity index (χ3v) is 7.06. The molecule has 158 valence electrons. The van der Waals surface area contributed by atoms with Crippen LogP contribution in [-0.2, 0) is 9.59 Å².